The number of fused-ring (bicyclic) bond motifs is 5. The van der Waals surface area contributed by atoms with Crippen molar-refractivity contribution in [3.05, 3.63) is 61.7 Å². The minimum Gasteiger partial charge on any atom is -0.388 e. The number of halogens is 1. The monoisotopic (exact) mass is 434 g/mol. The Labute approximate surface area is 183 Å². The van der Waals surface area contributed by atoms with Crippen molar-refractivity contribution in [3.8, 4) is 11.4 Å². The molecule has 1 unspecified atom stereocenters. The van der Waals surface area contributed by atoms with Gasteiger partial charge in [0.15, 0.2) is 5.78 Å². The summed E-state index contributed by atoms with van der Waals surface area (Å²) in [5, 5.41) is 22.8. The van der Waals surface area contributed by atoms with Gasteiger partial charge in [0.2, 0.25) is 0 Å². The van der Waals surface area contributed by atoms with Crippen molar-refractivity contribution in [2.45, 2.75) is 64.2 Å². The normalized spacial score (nSPS) is 23.3. The zero-order valence-electron chi connectivity index (χ0n) is 18.0. The summed E-state index contributed by atoms with van der Waals surface area (Å²) in [6.45, 7) is 3.74. The van der Waals surface area contributed by atoms with Gasteiger partial charge in [-0.2, -0.15) is 0 Å². The molecule has 0 saturated carbocycles. The Morgan fingerprint density at radius 1 is 1.19 bits per heavy atom. The Hall–Kier alpha value is -2.90. The second kappa shape index (κ2) is 6.33. The highest BCUT2D eigenvalue weighted by Gasteiger charge is 2.43. The predicted octanol–water partition coefficient (Wildman–Crippen LogP) is 2.97. The van der Waals surface area contributed by atoms with E-state index in [0.717, 1.165) is 22.1 Å². The van der Waals surface area contributed by atoms with Crippen LogP contribution in [0.2, 0.25) is 0 Å². The average molecular weight is 434 g/mol. The summed E-state index contributed by atoms with van der Waals surface area (Å²) in [5.74, 6) is -0.622. The third kappa shape index (κ3) is 2.27. The van der Waals surface area contributed by atoms with Crippen LogP contribution >= 0.6 is 0 Å². The number of nitrogens with zero attached hydrogens (tertiary/aromatic N) is 2. The largest absolute Gasteiger partial charge is 0.388 e. The van der Waals surface area contributed by atoms with Crippen molar-refractivity contribution < 1.29 is 19.4 Å². The lowest BCUT2D eigenvalue weighted by Gasteiger charge is -2.32. The van der Waals surface area contributed by atoms with Gasteiger partial charge in [0, 0.05) is 34.6 Å². The van der Waals surface area contributed by atoms with Crippen LogP contribution in [0.1, 0.15) is 65.7 Å². The minimum atomic E-state index is -1.69. The van der Waals surface area contributed by atoms with Gasteiger partial charge >= 0.3 is 0 Å². The first-order chi connectivity index (χ1) is 15.3. The predicted molar refractivity (Wildman–Crippen MR) is 116 cm³/mol. The van der Waals surface area contributed by atoms with E-state index in [-0.39, 0.29) is 36.5 Å². The topological polar surface area (TPSA) is 92.4 Å². The summed E-state index contributed by atoms with van der Waals surface area (Å²) in [4.78, 5) is 30.7. The van der Waals surface area contributed by atoms with Crippen molar-refractivity contribution in [1.29, 1.82) is 0 Å². The van der Waals surface area contributed by atoms with Crippen molar-refractivity contribution >= 4 is 16.7 Å². The zero-order chi connectivity index (χ0) is 22.5. The summed E-state index contributed by atoms with van der Waals surface area (Å²) in [6, 6.07) is 3.09. The fourth-order valence-corrected chi connectivity index (χ4v) is 5.91. The zero-order valence-corrected chi connectivity index (χ0v) is 18.0. The number of ketones is 1. The Bertz CT molecular complexity index is 1440. The minimum absolute atomic E-state index is 0.132. The molecule has 3 aromatic rings. The summed E-state index contributed by atoms with van der Waals surface area (Å²) in [6.07, 6.45) is 0.937. The van der Waals surface area contributed by atoms with Crippen molar-refractivity contribution in [3.63, 3.8) is 0 Å². The Morgan fingerprint density at radius 3 is 2.72 bits per heavy atom. The molecule has 3 heterocycles. The van der Waals surface area contributed by atoms with Crippen molar-refractivity contribution in [2.75, 3.05) is 0 Å². The number of pyridine rings is 2. The molecule has 2 N–H and O–H groups in total. The molecule has 0 amide bonds. The van der Waals surface area contributed by atoms with Gasteiger partial charge in [0.05, 0.1) is 29.6 Å². The number of aromatic nitrogens is 2. The van der Waals surface area contributed by atoms with E-state index in [0.29, 0.717) is 52.9 Å². The van der Waals surface area contributed by atoms with E-state index >= 15 is 0 Å². The molecule has 0 spiro atoms. The number of hydrogen-bond acceptors (Lipinski definition) is 5. The van der Waals surface area contributed by atoms with Crippen LogP contribution in [0.4, 0.5) is 4.39 Å². The van der Waals surface area contributed by atoms with E-state index < -0.39 is 11.7 Å². The molecule has 2 aliphatic carbocycles. The summed E-state index contributed by atoms with van der Waals surface area (Å²) in [7, 11) is 0. The smallest absolute Gasteiger partial charge is 0.254 e. The van der Waals surface area contributed by atoms with Gasteiger partial charge in [-0.25, -0.2) is 9.37 Å². The van der Waals surface area contributed by atoms with Crippen LogP contribution in [0, 0.1) is 12.7 Å². The van der Waals surface area contributed by atoms with Crippen LogP contribution in [0.5, 0.6) is 0 Å². The molecule has 7 heteroatoms. The average Bonchev–Trinajstić information content (AvgIpc) is 3.14. The maximum Gasteiger partial charge on any atom is 0.254 e. The molecule has 3 aliphatic rings. The second-order valence-electron chi connectivity index (χ2n) is 9.21. The lowest BCUT2D eigenvalue weighted by Crippen LogP contribution is -2.43. The molecule has 0 bridgehead atoms. The molecule has 0 saturated heterocycles. The first kappa shape index (κ1) is 19.8. The number of carbonyl (C=O) groups excluding carboxylic acids is 1. The summed E-state index contributed by atoms with van der Waals surface area (Å²) < 4.78 is 16.3. The van der Waals surface area contributed by atoms with E-state index in [1.807, 2.05) is 0 Å². The lowest BCUT2D eigenvalue weighted by molar-refractivity contribution is -0.140. The van der Waals surface area contributed by atoms with Gasteiger partial charge in [-0.3, -0.25) is 9.59 Å². The lowest BCUT2D eigenvalue weighted by atomic mass is 9.77. The molecule has 32 heavy (non-hydrogen) atoms. The standard InChI is InChI=1S/C25H23FN2O4/c1-3-25(32)15-8-18-23-14(10-28(18)24(31)13(15)5-7-20(25)30)22-19(29)6-4-12-11(2)16(26)9-17(27-23)21(12)22/h8-9,19,29,32H,3-7,10H2,1-2H3/t19?,25-/m0/s1. The molecule has 6 nitrogen and oxygen atoms in total. The van der Waals surface area contributed by atoms with E-state index in [9.17, 15) is 24.2 Å². The van der Waals surface area contributed by atoms with Crippen LogP contribution in [-0.2, 0) is 29.8 Å². The number of aliphatic hydroxyl groups excluding tert-OH is 1. The number of Topliss-reactive ketones (excluding diaryl/α,β-unsaturated/α-hetero) is 1. The van der Waals surface area contributed by atoms with Gasteiger partial charge in [0.1, 0.15) is 11.4 Å². The van der Waals surface area contributed by atoms with E-state index in [2.05, 4.69) is 0 Å². The van der Waals surface area contributed by atoms with Crippen LogP contribution in [0.25, 0.3) is 22.3 Å². The molecule has 164 valence electrons. The maximum atomic E-state index is 14.6. The summed E-state index contributed by atoms with van der Waals surface area (Å²) >= 11 is 0. The SMILES string of the molecule is CC[C@@]1(O)C(=O)CCc2c1cc1n(c2=O)Cc2c-1nc1cc(F)c(C)c3c1c2C(O)CC3. The number of aryl methyl sites for hydroxylation is 1. The fourth-order valence-electron chi connectivity index (χ4n) is 5.91. The Balaban J connectivity index is 1.70. The molecule has 6 rings (SSSR count). The second-order valence-corrected chi connectivity index (χ2v) is 9.21. The quantitative estimate of drug-likeness (QED) is 0.481. The molecule has 0 radical (unpaired) electrons. The molecule has 2 aromatic heterocycles. The van der Waals surface area contributed by atoms with Crippen LogP contribution < -0.4 is 5.56 Å². The van der Waals surface area contributed by atoms with E-state index in [1.54, 1.807) is 24.5 Å². The number of aliphatic hydroxyl groups is 2. The third-order valence-electron chi connectivity index (χ3n) is 7.73. The highest BCUT2D eigenvalue weighted by atomic mass is 19.1. The Morgan fingerprint density at radius 2 is 1.97 bits per heavy atom. The molecular formula is C25H23FN2O4. The first-order valence-electron chi connectivity index (χ1n) is 11.1. The maximum absolute atomic E-state index is 14.6. The number of benzene rings is 1. The van der Waals surface area contributed by atoms with E-state index in [4.69, 9.17) is 4.98 Å². The van der Waals surface area contributed by atoms with Gasteiger partial charge < -0.3 is 14.8 Å². The van der Waals surface area contributed by atoms with Crippen molar-refractivity contribution in [1.82, 2.24) is 9.55 Å². The first-order valence-corrected chi connectivity index (χ1v) is 11.1. The van der Waals surface area contributed by atoms with Crippen LogP contribution in [-0.4, -0.2) is 25.5 Å². The number of hydrogen-bond donors (Lipinski definition) is 2. The fraction of sp³-hybridized carbons (Fsp3) is 0.400. The Kier molecular flexibility index (Phi) is 3.91. The van der Waals surface area contributed by atoms with Gasteiger partial charge in [-0.15, -0.1) is 0 Å². The molecule has 1 aliphatic heterocycles. The van der Waals surface area contributed by atoms with Gasteiger partial charge in [0.25, 0.3) is 5.56 Å². The molecule has 0 fully saturated rings. The molecular weight excluding hydrogens is 411 g/mol. The summed E-state index contributed by atoms with van der Waals surface area (Å²) in [5.41, 5.74) is 3.29. The number of rotatable bonds is 1. The highest BCUT2D eigenvalue weighted by Crippen LogP contribution is 2.45. The molecule has 2 atom stereocenters. The van der Waals surface area contributed by atoms with Crippen LogP contribution in [0.15, 0.2) is 16.9 Å². The highest BCUT2D eigenvalue weighted by molar-refractivity contribution is 5.94. The van der Waals surface area contributed by atoms with E-state index in [1.165, 1.54) is 6.07 Å². The van der Waals surface area contributed by atoms with Crippen LogP contribution in [0.3, 0.4) is 0 Å². The number of carbonyl (C=O) groups is 1. The van der Waals surface area contributed by atoms with Gasteiger partial charge in [-0.05, 0) is 55.4 Å². The van der Waals surface area contributed by atoms with Gasteiger partial charge in [-0.1, -0.05) is 6.92 Å². The molecule has 1 aromatic carbocycles. The third-order valence-corrected chi connectivity index (χ3v) is 7.73. The van der Waals surface area contributed by atoms with Crippen molar-refractivity contribution in [2.24, 2.45) is 0 Å².